The van der Waals surface area contributed by atoms with E-state index in [0.29, 0.717) is 12.0 Å². The number of hydrazine groups is 1. The first-order chi connectivity index (χ1) is 10.2. The van der Waals surface area contributed by atoms with Crippen molar-refractivity contribution in [2.45, 2.75) is 19.3 Å². The minimum Gasteiger partial charge on any atom is -0.273 e. The standard InChI is InChI=1S/C17H18N2O2/c1-2-15(13-9-5-3-6-10-13)17(21)19-18-16(20)14-11-7-4-8-12-14/h3-12,15H,2H2,1H3,(H,18,20)(H,19,21)/t15-/m0/s1. The Hall–Kier alpha value is -2.62. The van der Waals surface area contributed by atoms with Crippen LogP contribution in [-0.2, 0) is 4.79 Å². The molecule has 0 saturated heterocycles. The molecule has 0 heterocycles. The minimum atomic E-state index is -0.327. The van der Waals surface area contributed by atoms with E-state index in [1.807, 2.05) is 43.3 Å². The molecule has 0 aromatic heterocycles. The fraction of sp³-hybridized carbons (Fsp3) is 0.176. The predicted octanol–water partition coefficient (Wildman–Crippen LogP) is 2.64. The fourth-order valence-corrected chi connectivity index (χ4v) is 2.12. The largest absolute Gasteiger partial charge is 0.273 e. The van der Waals surface area contributed by atoms with Crippen molar-refractivity contribution in [2.24, 2.45) is 0 Å². The summed E-state index contributed by atoms with van der Waals surface area (Å²) < 4.78 is 0. The van der Waals surface area contributed by atoms with Gasteiger partial charge in [-0.25, -0.2) is 0 Å². The van der Waals surface area contributed by atoms with Gasteiger partial charge in [-0.15, -0.1) is 0 Å². The lowest BCUT2D eigenvalue weighted by Gasteiger charge is -2.15. The number of rotatable bonds is 4. The van der Waals surface area contributed by atoms with Crippen LogP contribution in [0, 0.1) is 0 Å². The highest BCUT2D eigenvalue weighted by atomic mass is 16.2. The molecule has 0 radical (unpaired) electrons. The zero-order valence-electron chi connectivity index (χ0n) is 11.9. The quantitative estimate of drug-likeness (QED) is 0.847. The average Bonchev–Trinajstić information content (AvgIpc) is 2.55. The van der Waals surface area contributed by atoms with Crippen LogP contribution >= 0.6 is 0 Å². The predicted molar refractivity (Wildman–Crippen MR) is 81.5 cm³/mol. The molecular weight excluding hydrogens is 264 g/mol. The molecule has 4 heteroatoms. The van der Waals surface area contributed by atoms with Gasteiger partial charge >= 0.3 is 0 Å². The van der Waals surface area contributed by atoms with Crippen LogP contribution in [0.3, 0.4) is 0 Å². The van der Waals surface area contributed by atoms with Crippen LogP contribution in [0.15, 0.2) is 60.7 Å². The number of carbonyl (C=O) groups is 2. The van der Waals surface area contributed by atoms with Crippen molar-refractivity contribution in [1.82, 2.24) is 10.9 Å². The molecule has 0 bridgehead atoms. The van der Waals surface area contributed by atoms with Gasteiger partial charge in [0.25, 0.3) is 5.91 Å². The van der Waals surface area contributed by atoms with Gasteiger partial charge in [0.15, 0.2) is 0 Å². The number of hydrogen-bond donors (Lipinski definition) is 2. The molecule has 0 aliphatic carbocycles. The van der Waals surface area contributed by atoms with Crippen molar-refractivity contribution in [1.29, 1.82) is 0 Å². The van der Waals surface area contributed by atoms with Crippen LogP contribution in [-0.4, -0.2) is 11.8 Å². The molecule has 0 fully saturated rings. The first kappa shape index (κ1) is 14.8. The summed E-state index contributed by atoms with van der Waals surface area (Å²) in [6.07, 6.45) is 0.664. The second-order valence-corrected chi connectivity index (χ2v) is 4.68. The van der Waals surface area contributed by atoms with E-state index in [1.54, 1.807) is 24.3 Å². The van der Waals surface area contributed by atoms with Gasteiger partial charge in [-0.3, -0.25) is 20.4 Å². The van der Waals surface area contributed by atoms with Gasteiger partial charge in [-0.05, 0) is 24.1 Å². The van der Waals surface area contributed by atoms with Crippen molar-refractivity contribution >= 4 is 11.8 Å². The molecule has 2 aromatic carbocycles. The number of amides is 2. The highest BCUT2D eigenvalue weighted by molar-refractivity contribution is 5.96. The molecule has 21 heavy (non-hydrogen) atoms. The summed E-state index contributed by atoms with van der Waals surface area (Å²) in [5, 5.41) is 0. The van der Waals surface area contributed by atoms with Crippen molar-refractivity contribution < 1.29 is 9.59 Å². The van der Waals surface area contributed by atoms with E-state index in [1.165, 1.54) is 0 Å². The summed E-state index contributed by atoms with van der Waals surface area (Å²) >= 11 is 0. The molecule has 4 nitrogen and oxygen atoms in total. The second kappa shape index (κ2) is 7.24. The highest BCUT2D eigenvalue weighted by Crippen LogP contribution is 2.18. The van der Waals surface area contributed by atoms with E-state index in [2.05, 4.69) is 10.9 Å². The van der Waals surface area contributed by atoms with Crippen molar-refractivity contribution in [3.05, 3.63) is 71.8 Å². The van der Waals surface area contributed by atoms with E-state index < -0.39 is 0 Å². The van der Waals surface area contributed by atoms with Crippen LogP contribution in [0.2, 0.25) is 0 Å². The average molecular weight is 282 g/mol. The molecule has 2 rings (SSSR count). The topological polar surface area (TPSA) is 58.2 Å². The number of benzene rings is 2. The Morgan fingerprint density at radius 2 is 1.48 bits per heavy atom. The molecule has 0 aliphatic rings. The van der Waals surface area contributed by atoms with Crippen molar-refractivity contribution in [2.75, 3.05) is 0 Å². The Bertz CT molecular complexity index is 597. The summed E-state index contributed by atoms with van der Waals surface area (Å²) in [6.45, 7) is 1.94. The van der Waals surface area contributed by atoms with Gasteiger partial charge in [0.1, 0.15) is 0 Å². The summed E-state index contributed by atoms with van der Waals surface area (Å²) in [5.41, 5.74) is 6.38. The molecule has 1 atom stereocenters. The Balaban J connectivity index is 1.96. The molecule has 108 valence electrons. The van der Waals surface area contributed by atoms with Crippen molar-refractivity contribution in [3.8, 4) is 0 Å². The SMILES string of the molecule is CC[C@H](C(=O)NNC(=O)c1ccccc1)c1ccccc1. The summed E-state index contributed by atoms with van der Waals surface area (Å²) in [5.74, 6) is -0.817. The van der Waals surface area contributed by atoms with E-state index >= 15 is 0 Å². The third-order valence-corrected chi connectivity index (χ3v) is 3.26. The third kappa shape index (κ3) is 3.92. The first-order valence-electron chi connectivity index (χ1n) is 6.92. The van der Waals surface area contributed by atoms with E-state index in [4.69, 9.17) is 0 Å². The highest BCUT2D eigenvalue weighted by Gasteiger charge is 2.18. The molecule has 0 spiro atoms. The first-order valence-corrected chi connectivity index (χ1v) is 6.92. The number of nitrogens with one attached hydrogen (secondary N) is 2. The van der Waals surface area contributed by atoms with Gasteiger partial charge in [-0.2, -0.15) is 0 Å². The van der Waals surface area contributed by atoms with Gasteiger partial charge in [0.05, 0.1) is 5.92 Å². The van der Waals surface area contributed by atoms with E-state index in [-0.39, 0.29) is 17.7 Å². The maximum Gasteiger partial charge on any atom is 0.269 e. The minimum absolute atomic E-state index is 0.215. The molecule has 2 aromatic rings. The van der Waals surface area contributed by atoms with Gasteiger partial charge in [0.2, 0.25) is 5.91 Å². The summed E-state index contributed by atoms with van der Waals surface area (Å²) in [7, 11) is 0. The lowest BCUT2D eigenvalue weighted by atomic mass is 9.96. The second-order valence-electron chi connectivity index (χ2n) is 4.68. The maximum atomic E-state index is 12.2. The Morgan fingerprint density at radius 3 is 2.05 bits per heavy atom. The summed E-state index contributed by atoms with van der Waals surface area (Å²) in [4.78, 5) is 24.1. The summed E-state index contributed by atoms with van der Waals surface area (Å²) in [6, 6.07) is 18.3. The Labute approximate surface area is 124 Å². The Kier molecular flexibility index (Phi) is 5.10. The third-order valence-electron chi connectivity index (χ3n) is 3.26. The van der Waals surface area contributed by atoms with Gasteiger partial charge in [0, 0.05) is 5.56 Å². The van der Waals surface area contributed by atoms with Crippen LogP contribution in [0.25, 0.3) is 0 Å². The lowest BCUT2D eigenvalue weighted by Crippen LogP contribution is -2.43. The number of hydrogen-bond acceptors (Lipinski definition) is 2. The molecular formula is C17H18N2O2. The fourth-order valence-electron chi connectivity index (χ4n) is 2.12. The van der Waals surface area contributed by atoms with Crippen LogP contribution in [0.1, 0.15) is 35.2 Å². The molecule has 2 amide bonds. The smallest absolute Gasteiger partial charge is 0.269 e. The zero-order valence-corrected chi connectivity index (χ0v) is 11.9. The van der Waals surface area contributed by atoms with E-state index in [9.17, 15) is 9.59 Å². The van der Waals surface area contributed by atoms with Crippen molar-refractivity contribution in [3.63, 3.8) is 0 Å². The molecule has 2 N–H and O–H groups in total. The van der Waals surface area contributed by atoms with Crippen LogP contribution in [0.5, 0.6) is 0 Å². The maximum absolute atomic E-state index is 12.2. The number of carbonyl (C=O) groups excluding carboxylic acids is 2. The normalized spacial score (nSPS) is 11.5. The Morgan fingerprint density at radius 1 is 0.905 bits per heavy atom. The van der Waals surface area contributed by atoms with Gasteiger partial charge in [-0.1, -0.05) is 55.5 Å². The molecule has 0 aliphatic heterocycles. The lowest BCUT2D eigenvalue weighted by molar-refractivity contribution is -0.123. The van der Waals surface area contributed by atoms with E-state index in [0.717, 1.165) is 5.56 Å². The zero-order chi connectivity index (χ0) is 15.1. The van der Waals surface area contributed by atoms with Gasteiger partial charge < -0.3 is 0 Å². The monoisotopic (exact) mass is 282 g/mol. The molecule has 0 saturated carbocycles. The van der Waals surface area contributed by atoms with Crippen LogP contribution in [0.4, 0.5) is 0 Å². The molecule has 0 unspecified atom stereocenters. The van der Waals surface area contributed by atoms with Crippen LogP contribution < -0.4 is 10.9 Å².